The van der Waals surface area contributed by atoms with E-state index in [2.05, 4.69) is 6.92 Å². The van der Waals surface area contributed by atoms with Crippen LogP contribution < -0.4 is 14.2 Å². The largest absolute Gasteiger partial charge is 0.508 e. The second-order valence-corrected chi connectivity index (χ2v) is 11.2. The van der Waals surface area contributed by atoms with Gasteiger partial charge in [0, 0.05) is 35.6 Å². The number of hydrogen-bond donors (Lipinski definition) is 4. The predicted octanol–water partition coefficient (Wildman–Crippen LogP) is 7.09. The van der Waals surface area contributed by atoms with Gasteiger partial charge in [0.2, 0.25) is 0 Å². The van der Waals surface area contributed by atoms with Gasteiger partial charge in [-0.05, 0) is 66.1 Å². The summed E-state index contributed by atoms with van der Waals surface area (Å²) in [6, 6.07) is 18.9. The zero-order chi connectivity index (χ0) is 30.8. The van der Waals surface area contributed by atoms with Crippen LogP contribution in [0.4, 0.5) is 0 Å². The van der Waals surface area contributed by atoms with Crippen LogP contribution in [0.15, 0.2) is 66.7 Å². The third kappa shape index (κ3) is 5.91. The third-order valence-corrected chi connectivity index (χ3v) is 8.45. The molecule has 1 aliphatic rings. The van der Waals surface area contributed by atoms with E-state index in [1.54, 1.807) is 25.3 Å². The molecule has 5 rings (SSSR count). The molecule has 0 saturated carbocycles. The van der Waals surface area contributed by atoms with Gasteiger partial charge in [-0.2, -0.15) is 0 Å². The molecule has 43 heavy (non-hydrogen) atoms. The highest BCUT2D eigenvalue weighted by Gasteiger charge is 2.39. The van der Waals surface area contributed by atoms with Gasteiger partial charge in [-0.15, -0.1) is 0 Å². The average molecular weight is 585 g/mol. The van der Waals surface area contributed by atoms with E-state index in [4.69, 9.17) is 14.2 Å². The maximum absolute atomic E-state index is 13.7. The first-order valence-electron chi connectivity index (χ1n) is 14.2. The van der Waals surface area contributed by atoms with Gasteiger partial charge in [0.25, 0.3) is 0 Å². The number of fused-ring (bicyclic) bond motifs is 2. The van der Waals surface area contributed by atoms with Crippen LogP contribution in [-0.4, -0.2) is 40.4 Å². The van der Waals surface area contributed by atoms with E-state index in [1.165, 1.54) is 19.2 Å². The Morgan fingerprint density at radius 2 is 1.49 bits per heavy atom. The maximum Gasteiger partial charge on any atom is 0.170 e. The van der Waals surface area contributed by atoms with Crippen LogP contribution >= 0.6 is 0 Å². The lowest BCUT2D eigenvalue weighted by molar-refractivity contribution is 0.0976. The average Bonchev–Trinajstić information content (AvgIpc) is 3.00. The fraction of sp³-hybridized carbons (Fsp3) is 0.286. The number of carbonyl (C=O) groups excluding carboxylic acids is 1. The van der Waals surface area contributed by atoms with Gasteiger partial charge in [0.1, 0.15) is 40.1 Å². The molecule has 0 unspecified atom stereocenters. The Bertz CT molecular complexity index is 1630. The highest BCUT2D eigenvalue weighted by molar-refractivity contribution is 6.02. The number of phenolic OH excluding ortho intramolecular Hbond substituents is 4. The van der Waals surface area contributed by atoms with Crippen molar-refractivity contribution in [2.24, 2.45) is 11.8 Å². The number of aromatic hydroxyl groups is 4. The van der Waals surface area contributed by atoms with Gasteiger partial charge in [0.05, 0.1) is 14.2 Å². The second-order valence-electron chi connectivity index (χ2n) is 11.2. The number of hydrogen-bond acceptors (Lipinski definition) is 8. The molecule has 0 bridgehead atoms. The highest BCUT2D eigenvalue weighted by atomic mass is 16.5. The van der Waals surface area contributed by atoms with Crippen molar-refractivity contribution in [3.05, 3.63) is 94.5 Å². The third-order valence-electron chi connectivity index (χ3n) is 8.45. The lowest BCUT2D eigenvalue weighted by Gasteiger charge is -2.36. The van der Waals surface area contributed by atoms with Gasteiger partial charge in [-0.1, -0.05) is 38.1 Å². The molecule has 224 valence electrons. The van der Waals surface area contributed by atoms with Crippen molar-refractivity contribution in [1.82, 2.24) is 0 Å². The Morgan fingerprint density at radius 1 is 0.837 bits per heavy atom. The van der Waals surface area contributed by atoms with E-state index in [0.29, 0.717) is 35.5 Å². The molecule has 0 spiro atoms. The molecule has 4 aromatic rings. The summed E-state index contributed by atoms with van der Waals surface area (Å²) in [4.78, 5) is 13.7. The first-order valence-corrected chi connectivity index (χ1v) is 14.2. The summed E-state index contributed by atoms with van der Waals surface area (Å²) in [5, 5.41) is 42.2. The van der Waals surface area contributed by atoms with E-state index in [-0.39, 0.29) is 58.4 Å². The number of Topliss-reactive ketones (excluding diaryl/α,β-unsaturated/α-hetero) is 1. The van der Waals surface area contributed by atoms with Crippen LogP contribution in [0.5, 0.6) is 46.0 Å². The van der Waals surface area contributed by atoms with Crippen LogP contribution in [0, 0.1) is 11.8 Å². The first-order chi connectivity index (χ1) is 20.6. The molecule has 0 fully saturated rings. The number of methoxy groups -OCH3 is 2. The molecule has 0 saturated heterocycles. The summed E-state index contributed by atoms with van der Waals surface area (Å²) >= 11 is 0. The Morgan fingerprint density at radius 3 is 2.14 bits per heavy atom. The normalized spacial score (nSPS) is 15.0. The molecule has 8 nitrogen and oxygen atoms in total. The van der Waals surface area contributed by atoms with Crippen molar-refractivity contribution >= 4 is 5.78 Å². The SMILES string of the molecule is COc1ccc(CCC(=O)c2c(OC)cc3c(c2O)[C@@H]([C@H](C)[C@H](C)Cc2ccc(O)cc2)c2cc(O)c(O)cc2O3)cc1. The molecule has 1 aliphatic heterocycles. The van der Waals surface area contributed by atoms with Crippen LogP contribution in [-0.2, 0) is 12.8 Å². The summed E-state index contributed by atoms with van der Waals surface area (Å²) in [7, 11) is 3.03. The molecule has 8 heteroatoms. The van der Waals surface area contributed by atoms with Crippen molar-refractivity contribution in [1.29, 1.82) is 0 Å². The fourth-order valence-electron chi connectivity index (χ4n) is 5.87. The summed E-state index contributed by atoms with van der Waals surface area (Å²) < 4.78 is 16.9. The van der Waals surface area contributed by atoms with Crippen molar-refractivity contribution in [2.45, 2.75) is 39.0 Å². The van der Waals surface area contributed by atoms with E-state index in [9.17, 15) is 25.2 Å². The second kappa shape index (κ2) is 12.2. The smallest absolute Gasteiger partial charge is 0.170 e. The standard InChI is InChI=1S/C35H36O8/c1-19(15-22-5-10-23(36)11-6-22)20(2)32-25-16-27(38)28(39)17-29(25)43-31-18-30(42-4)33(35(40)34(31)32)26(37)14-9-21-7-12-24(41-3)13-8-21/h5-8,10-13,16-20,32,36,38-40H,9,14-15H2,1-4H3/t19-,20-,32+/m1/s1. The fourth-order valence-corrected chi connectivity index (χ4v) is 5.87. The van der Waals surface area contributed by atoms with E-state index in [1.807, 2.05) is 43.3 Å². The molecule has 0 radical (unpaired) electrons. The summed E-state index contributed by atoms with van der Waals surface area (Å²) in [6.07, 6.45) is 1.27. The Kier molecular flexibility index (Phi) is 8.39. The summed E-state index contributed by atoms with van der Waals surface area (Å²) in [5.74, 6) is 0.0626. The number of benzene rings is 4. The zero-order valence-electron chi connectivity index (χ0n) is 24.6. The van der Waals surface area contributed by atoms with Crippen molar-refractivity contribution in [3.63, 3.8) is 0 Å². The van der Waals surface area contributed by atoms with Crippen molar-refractivity contribution < 1.29 is 39.4 Å². The Balaban J connectivity index is 1.55. The topological polar surface area (TPSA) is 126 Å². The number of ketones is 1. The Labute approximate surface area is 250 Å². The first kappa shape index (κ1) is 29.6. The molecule has 4 N–H and O–H groups in total. The molecule has 1 heterocycles. The Hall–Kier alpha value is -4.85. The number of carbonyl (C=O) groups is 1. The minimum Gasteiger partial charge on any atom is -0.508 e. The minimum atomic E-state index is -0.489. The molecule has 0 aliphatic carbocycles. The van der Waals surface area contributed by atoms with Crippen molar-refractivity contribution in [3.8, 4) is 46.0 Å². The monoisotopic (exact) mass is 584 g/mol. The van der Waals surface area contributed by atoms with Crippen LogP contribution in [0.25, 0.3) is 0 Å². The number of aryl methyl sites for hydroxylation is 1. The maximum atomic E-state index is 13.7. The lowest BCUT2D eigenvalue weighted by Crippen LogP contribution is -2.24. The van der Waals surface area contributed by atoms with Crippen LogP contribution in [0.1, 0.15) is 58.8 Å². The zero-order valence-corrected chi connectivity index (χ0v) is 24.6. The van der Waals surface area contributed by atoms with Gasteiger partial charge in [-0.3, -0.25) is 4.79 Å². The van der Waals surface area contributed by atoms with Gasteiger partial charge < -0.3 is 34.6 Å². The molecule has 3 atom stereocenters. The van der Waals surface area contributed by atoms with Gasteiger partial charge in [0.15, 0.2) is 17.3 Å². The van der Waals surface area contributed by atoms with E-state index >= 15 is 0 Å². The van der Waals surface area contributed by atoms with Crippen LogP contribution in [0.3, 0.4) is 0 Å². The number of rotatable bonds is 10. The lowest BCUT2D eigenvalue weighted by atomic mass is 9.72. The highest BCUT2D eigenvalue weighted by Crippen LogP contribution is 2.56. The molecule has 4 aromatic carbocycles. The molecular formula is C35H36O8. The summed E-state index contributed by atoms with van der Waals surface area (Å²) in [5.41, 5.74) is 3.08. The van der Waals surface area contributed by atoms with Gasteiger partial charge >= 0.3 is 0 Å². The van der Waals surface area contributed by atoms with Crippen LogP contribution in [0.2, 0.25) is 0 Å². The van der Waals surface area contributed by atoms with E-state index < -0.39 is 5.92 Å². The molecule has 0 aromatic heterocycles. The number of ether oxygens (including phenoxy) is 3. The van der Waals surface area contributed by atoms with Gasteiger partial charge in [-0.25, -0.2) is 0 Å². The quantitative estimate of drug-likeness (QED) is 0.115. The molecule has 0 amide bonds. The summed E-state index contributed by atoms with van der Waals surface area (Å²) in [6.45, 7) is 4.14. The predicted molar refractivity (Wildman–Crippen MR) is 162 cm³/mol. The van der Waals surface area contributed by atoms with E-state index in [0.717, 1.165) is 16.9 Å². The van der Waals surface area contributed by atoms with Crippen molar-refractivity contribution in [2.75, 3.05) is 14.2 Å². The minimum absolute atomic E-state index is 0.0556. The molecular weight excluding hydrogens is 548 g/mol. The number of phenols is 4.